The van der Waals surface area contributed by atoms with E-state index in [1.54, 1.807) is 7.11 Å². The topological polar surface area (TPSA) is 63.2 Å². The van der Waals surface area contributed by atoms with Crippen molar-refractivity contribution in [3.8, 4) is 5.75 Å². The minimum atomic E-state index is -0.0760. The Morgan fingerprint density at radius 1 is 1.22 bits per heavy atom. The normalized spacial score (nSPS) is 20.7. The third kappa shape index (κ3) is 3.47. The van der Waals surface area contributed by atoms with Gasteiger partial charge in [0.1, 0.15) is 5.75 Å². The van der Waals surface area contributed by atoms with E-state index in [9.17, 15) is 4.79 Å². The monoisotopic (exact) mass is 365 g/mol. The molecule has 0 saturated carbocycles. The zero-order valence-corrected chi connectivity index (χ0v) is 15.5. The maximum absolute atomic E-state index is 12.6. The van der Waals surface area contributed by atoms with Crippen molar-refractivity contribution in [2.24, 2.45) is 11.1 Å². The van der Waals surface area contributed by atoms with Crippen LogP contribution in [-0.2, 0) is 11.4 Å². The summed E-state index contributed by atoms with van der Waals surface area (Å²) in [4.78, 5) is 20.0. The van der Waals surface area contributed by atoms with E-state index in [1.807, 2.05) is 41.3 Å². The van der Waals surface area contributed by atoms with E-state index in [1.165, 1.54) is 5.56 Å². The van der Waals surface area contributed by atoms with Crippen molar-refractivity contribution in [3.05, 3.63) is 65.2 Å². The third-order valence-electron chi connectivity index (χ3n) is 5.21. The van der Waals surface area contributed by atoms with Crippen LogP contribution < -0.4 is 10.1 Å². The van der Waals surface area contributed by atoms with Crippen LogP contribution in [0.25, 0.3) is 0 Å². The summed E-state index contributed by atoms with van der Waals surface area (Å²) in [5.41, 5.74) is 4.25. The molecule has 2 unspecified atom stereocenters. The number of hydrogen-bond donors (Lipinski definition) is 1. The summed E-state index contributed by atoms with van der Waals surface area (Å²) in [5.74, 6) is 0.926. The lowest BCUT2D eigenvalue weighted by atomic mass is 9.92. The summed E-state index contributed by atoms with van der Waals surface area (Å²) < 4.78 is 5.15. The molecule has 6 nitrogen and oxygen atoms in total. The van der Waals surface area contributed by atoms with Crippen LogP contribution in [0.15, 0.2) is 53.7 Å². The van der Waals surface area contributed by atoms with Gasteiger partial charge in [-0.2, -0.15) is 0 Å². The van der Waals surface area contributed by atoms with Crippen LogP contribution in [0.2, 0.25) is 0 Å². The lowest BCUT2D eigenvalue weighted by Crippen LogP contribution is -2.39. The smallest absolute Gasteiger partial charge is 0.317 e. The average Bonchev–Trinajstić information content (AvgIpc) is 3.28. The lowest BCUT2D eigenvalue weighted by molar-refractivity contribution is 0.0773. The molecule has 27 heavy (non-hydrogen) atoms. The number of benzene rings is 2. The highest BCUT2D eigenvalue weighted by molar-refractivity contribution is 6.04. The van der Waals surface area contributed by atoms with Crippen molar-refractivity contribution in [3.63, 3.8) is 0 Å². The fourth-order valence-corrected chi connectivity index (χ4v) is 3.64. The summed E-state index contributed by atoms with van der Waals surface area (Å²) in [6.07, 6.45) is -0.0636. The summed E-state index contributed by atoms with van der Waals surface area (Å²) in [7, 11) is 1.64. The number of methoxy groups -OCH3 is 1. The number of carbonyl (C=O) groups is 1. The molecular formula is C21H23N3O3. The number of hydrogen-bond acceptors (Lipinski definition) is 4. The molecule has 0 aliphatic carbocycles. The van der Waals surface area contributed by atoms with Gasteiger partial charge < -0.3 is 19.8 Å². The number of nitrogens with zero attached hydrogens (tertiary/aromatic N) is 2. The van der Waals surface area contributed by atoms with Gasteiger partial charge in [0, 0.05) is 18.7 Å². The molecule has 2 atom stereocenters. The molecule has 1 saturated heterocycles. The zero-order valence-electron chi connectivity index (χ0n) is 15.5. The standard InChI is InChI=1S/C21H23N3O3/c1-14-5-3-4-6-17(14)20-18-12-24(13-19(18)27-23-20)21(25)22-11-15-7-9-16(26-2)10-8-15/h3-10,18-19H,11-13H2,1-2H3,(H,22,25). The molecule has 0 bridgehead atoms. The number of fused-ring (bicyclic) bond motifs is 1. The van der Waals surface area contributed by atoms with Crippen LogP contribution in [-0.4, -0.2) is 42.9 Å². The molecular weight excluding hydrogens is 342 g/mol. The second-order valence-electron chi connectivity index (χ2n) is 6.95. The van der Waals surface area contributed by atoms with Crippen molar-refractivity contribution in [2.75, 3.05) is 20.2 Å². The van der Waals surface area contributed by atoms with Gasteiger partial charge in [-0.25, -0.2) is 4.79 Å². The number of amides is 2. The molecule has 0 radical (unpaired) electrons. The predicted molar refractivity (Wildman–Crippen MR) is 103 cm³/mol. The Hall–Kier alpha value is -3.02. The maximum atomic E-state index is 12.6. The van der Waals surface area contributed by atoms with Gasteiger partial charge in [-0.15, -0.1) is 0 Å². The van der Waals surface area contributed by atoms with Crippen molar-refractivity contribution >= 4 is 11.7 Å². The number of ether oxygens (including phenoxy) is 1. The van der Waals surface area contributed by atoms with Gasteiger partial charge >= 0.3 is 6.03 Å². The van der Waals surface area contributed by atoms with Crippen molar-refractivity contribution < 1.29 is 14.4 Å². The predicted octanol–water partition coefficient (Wildman–Crippen LogP) is 2.95. The van der Waals surface area contributed by atoms with Gasteiger partial charge in [0.25, 0.3) is 0 Å². The summed E-state index contributed by atoms with van der Waals surface area (Å²) >= 11 is 0. The lowest BCUT2D eigenvalue weighted by Gasteiger charge is -2.18. The molecule has 2 heterocycles. The minimum Gasteiger partial charge on any atom is -0.497 e. The van der Waals surface area contributed by atoms with Crippen molar-refractivity contribution in [2.45, 2.75) is 19.6 Å². The average molecular weight is 365 g/mol. The SMILES string of the molecule is COc1ccc(CNC(=O)N2CC3ON=C(c4ccccc4C)C3C2)cc1. The van der Waals surface area contributed by atoms with E-state index in [0.717, 1.165) is 22.6 Å². The molecule has 2 amide bonds. The number of rotatable bonds is 4. The molecule has 4 rings (SSSR count). The second kappa shape index (κ2) is 7.31. The van der Waals surface area contributed by atoms with Crippen LogP contribution in [0.4, 0.5) is 4.79 Å². The Morgan fingerprint density at radius 2 is 2.00 bits per heavy atom. The van der Waals surface area contributed by atoms with Gasteiger partial charge in [-0.05, 0) is 30.2 Å². The van der Waals surface area contributed by atoms with Crippen LogP contribution in [0.5, 0.6) is 5.75 Å². The molecule has 0 aromatic heterocycles. The molecule has 1 N–H and O–H groups in total. The maximum Gasteiger partial charge on any atom is 0.317 e. The molecule has 2 aliphatic heterocycles. The first-order chi connectivity index (χ1) is 13.2. The molecule has 2 aliphatic rings. The van der Waals surface area contributed by atoms with Crippen LogP contribution in [0, 0.1) is 12.8 Å². The molecule has 140 valence electrons. The molecule has 0 spiro atoms. The highest BCUT2D eigenvalue weighted by atomic mass is 16.6. The second-order valence-corrected chi connectivity index (χ2v) is 6.95. The van der Waals surface area contributed by atoms with Gasteiger partial charge in [0.05, 0.1) is 25.3 Å². The number of nitrogens with one attached hydrogen (secondary N) is 1. The highest BCUT2D eigenvalue weighted by Gasteiger charge is 2.44. The van der Waals surface area contributed by atoms with Crippen LogP contribution >= 0.6 is 0 Å². The first-order valence-corrected chi connectivity index (χ1v) is 9.11. The largest absolute Gasteiger partial charge is 0.497 e. The van der Waals surface area contributed by atoms with E-state index in [4.69, 9.17) is 9.57 Å². The highest BCUT2D eigenvalue weighted by Crippen LogP contribution is 2.31. The number of urea groups is 1. The molecule has 6 heteroatoms. The Labute approximate surface area is 158 Å². The fourth-order valence-electron chi connectivity index (χ4n) is 3.64. The van der Waals surface area contributed by atoms with Crippen molar-refractivity contribution in [1.82, 2.24) is 10.2 Å². The molecule has 1 fully saturated rings. The molecule has 2 aromatic rings. The summed E-state index contributed by atoms with van der Waals surface area (Å²) in [6.45, 7) is 3.72. The van der Waals surface area contributed by atoms with E-state index in [-0.39, 0.29) is 18.1 Å². The van der Waals surface area contributed by atoms with Gasteiger partial charge in [-0.1, -0.05) is 41.6 Å². The van der Waals surface area contributed by atoms with Gasteiger partial charge in [0.2, 0.25) is 0 Å². The Kier molecular flexibility index (Phi) is 4.71. The Morgan fingerprint density at radius 3 is 2.74 bits per heavy atom. The van der Waals surface area contributed by atoms with Gasteiger partial charge in [-0.3, -0.25) is 0 Å². The molecule has 2 aromatic carbocycles. The zero-order chi connectivity index (χ0) is 18.8. The van der Waals surface area contributed by atoms with E-state index in [0.29, 0.717) is 19.6 Å². The van der Waals surface area contributed by atoms with Crippen LogP contribution in [0.1, 0.15) is 16.7 Å². The van der Waals surface area contributed by atoms with E-state index < -0.39 is 0 Å². The summed E-state index contributed by atoms with van der Waals surface area (Å²) in [5, 5.41) is 7.29. The first kappa shape index (κ1) is 17.4. The van der Waals surface area contributed by atoms with Gasteiger partial charge in [0.15, 0.2) is 6.10 Å². The fraction of sp³-hybridized carbons (Fsp3) is 0.333. The van der Waals surface area contributed by atoms with E-state index in [2.05, 4.69) is 29.5 Å². The Balaban J connectivity index is 1.37. The third-order valence-corrected chi connectivity index (χ3v) is 5.21. The summed E-state index contributed by atoms with van der Waals surface area (Å²) in [6, 6.07) is 15.8. The number of likely N-dealkylation sites (tertiary alicyclic amines) is 1. The van der Waals surface area contributed by atoms with E-state index >= 15 is 0 Å². The number of oxime groups is 1. The van der Waals surface area contributed by atoms with Crippen molar-refractivity contribution in [1.29, 1.82) is 0 Å². The quantitative estimate of drug-likeness (QED) is 0.906. The van der Waals surface area contributed by atoms with Crippen LogP contribution in [0.3, 0.4) is 0 Å². The Bertz CT molecular complexity index is 863. The number of aryl methyl sites for hydroxylation is 1. The first-order valence-electron chi connectivity index (χ1n) is 9.11. The number of carbonyl (C=O) groups excluding carboxylic acids is 1. The minimum absolute atomic E-state index is 0.0636.